The van der Waals surface area contributed by atoms with Crippen LogP contribution in [-0.4, -0.2) is 33.1 Å². The normalized spacial score (nSPS) is 9.42. The summed E-state index contributed by atoms with van der Waals surface area (Å²) in [5, 5.41) is 49.5. The van der Waals surface area contributed by atoms with Crippen molar-refractivity contribution in [3.05, 3.63) is 72.3 Å². The highest BCUT2D eigenvalue weighted by Crippen LogP contribution is 2.28. The molecule has 2 aromatic carbocycles. The van der Waals surface area contributed by atoms with E-state index in [4.69, 9.17) is 10.5 Å². The molecule has 12 heteroatoms. The zero-order valence-electron chi connectivity index (χ0n) is 13.3. The minimum Gasteiger partial charge on any atom is -0.507 e. The number of nitrogens with zero attached hydrogens (tertiary/aromatic N) is 3. The lowest BCUT2D eigenvalue weighted by Gasteiger charge is -2.00. The molecule has 136 valence electrons. The van der Waals surface area contributed by atoms with Crippen LogP contribution in [0.4, 0.5) is 22.7 Å². The molecule has 0 aliphatic heterocycles. The summed E-state index contributed by atoms with van der Waals surface area (Å²) in [4.78, 5) is 29.1. The van der Waals surface area contributed by atoms with Crippen LogP contribution in [0.25, 0.3) is 0 Å². The topological polar surface area (TPSA) is 186 Å². The minimum absolute atomic E-state index is 0.129. The molecule has 0 saturated carbocycles. The van der Waals surface area contributed by atoms with Crippen LogP contribution >= 0.6 is 0 Å². The van der Waals surface area contributed by atoms with Crippen LogP contribution in [0.3, 0.4) is 0 Å². The van der Waals surface area contributed by atoms with E-state index in [0.717, 1.165) is 18.3 Å². The zero-order chi connectivity index (χ0) is 19.9. The predicted octanol–water partition coefficient (Wildman–Crippen LogP) is 2.84. The number of anilines is 1. The maximum atomic E-state index is 10.5. The van der Waals surface area contributed by atoms with Crippen LogP contribution in [0.2, 0.25) is 0 Å². The Hall–Kier alpha value is -4.09. The van der Waals surface area contributed by atoms with E-state index in [9.17, 15) is 30.3 Å². The molecule has 0 aliphatic rings. The largest absolute Gasteiger partial charge is 0.507 e. The van der Waals surface area contributed by atoms with Crippen molar-refractivity contribution in [3.63, 3.8) is 0 Å². The fourth-order valence-electron chi connectivity index (χ4n) is 1.77. The van der Waals surface area contributed by atoms with E-state index in [0.29, 0.717) is 0 Å². The number of hydrogen-bond donors (Lipinski definition) is 3. The number of non-ortho nitro benzene ring substituents is 2. The third-order valence-corrected chi connectivity index (χ3v) is 3.04. The van der Waals surface area contributed by atoms with Gasteiger partial charge < -0.3 is 15.8 Å². The van der Waals surface area contributed by atoms with Gasteiger partial charge in [-0.25, -0.2) is 0 Å². The van der Waals surface area contributed by atoms with Crippen molar-refractivity contribution in [1.29, 1.82) is 5.41 Å². The Morgan fingerprint density at radius 2 is 1.50 bits per heavy atom. The highest BCUT2D eigenvalue weighted by atomic mass is 16.6. The molecule has 2 aromatic rings. The van der Waals surface area contributed by atoms with Crippen molar-refractivity contribution in [2.24, 2.45) is 0 Å². The fraction of sp³-hybridized carbons (Fsp3) is 0.0714. The summed E-state index contributed by atoms with van der Waals surface area (Å²) in [7, 11) is 1.51. The molecule has 0 fully saturated rings. The van der Waals surface area contributed by atoms with Gasteiger partial charge in [0.25, 0.3) is 17.1 Å². The van der Waals surface area contributed by atoms with Crippen LogP contribution in [0, 0.1) is 35.8 Å². The third-order valence-electron chi connectivity index (χ3n) is 3.04. The number of nitro benzene ring substituents is 3. The van der Waals surface area contributed by atoms with Gasteiger partial charge in [0.1, 0.15) is 11.4 Å². The van der Waals surface area contributed by atoms with Gasteiger partial charge in [-0.15, -0.1) is 0 Å². The van der Waals surface area contributed by atoms with E-state index in [-0.39, 0.29) is 34.1 Å². The Balaban J connectivity index is 0.000000263. The molecule has 0 amide bonds. The first-order valence-corrected chi connectivity index (χ1v) is 6.79. The van der Waals surface area contributed by atoms with Crippen molar-refractivity contribution in [2.45, 2.75) is 0 Å². The highest BCUT2D eigenvalue weighted by molar-refractivity contribution is 5.82. The molecule has 0 aromatic heterocycles. The molecule has 2 rings (SSSR count). The quantitative estimate of drug-likeness (QED) is 0.411. The van der Waals surface area contributed by atoms with Crippen LogP contribution in [-0.2, 0) is 0 Å². The molecule has 0 aliphatic carbocycles. The number of nitrogens with one attached hydrogen (secondary N) is 2. The second-order valence-corrected chi connectivity index (χ2v) is 4.61. The lowest BCUT2D eigenvalue weighted by atomic mass is 10.2. The molecule has 12 nitrogen and oxygen atoms in total. The van der Waals surface area contributed by atoms with Gasteiger partial charge in [0.15, 0.2) is 0 Å². The third kappa shape index (κ3) is 4.95. The van der Waals surface area contributed by atoms with Gasteiger partial charge >= 0.3 is 0 Å². The summed E-state index contributed by atoms with van der Waals surface area (Å²) >= 11 is 0. The fourth-order valence-corrected chi connectivity index (χ4v) is 1.77. The molecule has 0 atom stereocenters. The van der Waals surface area contributed by atoms with Crippen LogP contribution in [0.1, 0.15) is 5.56 Å². The average molecular weight is 363 g/mol. The molecule has 26 heavy (non-hydrogen) atoms. The first-order valence-electron chi connectivity index (χ1n) is 6.79. The van der Waals surface area contributed by atoms with E-state index >= 15 is 0 Å². The average Bonchev–Trinajstić information content (AvgIpc) is 2.61. The van der Waals surface area contributed by atoms with E-state index in [1.54, 1.807) is 0 Å². The van der Waals surface area contributed by atoms with E-state index in [2.05, 4.69) is 5.32 Å². The van der Waals surface area contributed by atoms with Crippen molar-refractivity contribution < 1.29 is 19.9 Å². The van der Waals surface area contributed by atoms with E-state index < -0.39 is 14.8 Å². The SMILES string of the molecule is CNc1ccc([N+](=O)[O-])cc1[N+](=O)[O-].N=Cc1cc([N+](=O)[O-])ccc1O. The van der Waals surface area contributed by atoms with Crippen LogP contribution < -0.4 is 5.32 Å². The van der Waals surface area contributed by atoms with Gasteiger partial charge in [0.2, 0.25) is 0 Å². The second-order valence-electron chi connectivity index (χ2n) is 4.61. The first kappa shape index (κ1) is 20.0. The van der Waals surface area contributed by atoms with Gasteiger partial charge in [-0.1, -0.05) is 0 Å². The van der Waals surface area contributed by atoms with Crippen molar-refractivity contribution in [1.82, 2.24) is 0 Å². The number of phenolic OH excluding ortho intramolecular Hbond substituents is 1. The van der Waals surface area contributed by atoms with E-state index in [1.165, 1.54) is 31.3 Å². The lowest BCUT2D eigenvalue weighted by Crippen LogP contribution is -1.98. The summed E-state index contributed by atoms with van der Waals surface area (Å²) < 4.78 is 0. The maximum absolute atomic E-state index is 10.5. The van der Waals surface area contributed by atoms with Crippen molar-refractivity contribution in [3.8, 4) is 5.75 Å². The number of nitro groups is 3. The molecule has 0 bridgehead atoms. The maximum Gasteiger partial charge on any atom is 0.299 e. The Bertz CT molecular complexity index is 869. The van der Waals surface area contributed by atoms with Gasteiger partial charge in [-0.05, 0) is 12.1 Å². The predicted molar refractivity (Wildman–Crippen MR) is 91.9 cm³/mol. The monoisotopic (exact) mass is 363 g/mol. The second kappa shape index (κ2) is 8.68. The number of aromatic hydroxyl groups is 1. The number of hydrogen-bond acceptors (Lipinski definition) is 9. The van der Waals surface area contributed by atoms with Crippen LogP contribution in [0.5, 0.6) is 5.75 Å². The van der Waals surface area contributed by atoms with Crippen molar-refractivity contribution >= 4 is 29.0 Å². The van der Waals surface area contributed by atoms with Gasteiger partial charge in [0, 0.05) is 37.0 Å². The summed E-state index contributed by atoms with van der Waals surface area (Å²) in [6.07, 6.45) is 0.863. The molecule has 0 heterocycles. The lowest BCUT2D eigenvalue weighted by molar-refractivity contribution is -0.393. The smallest absolute Gasteiger partial charge is 0.299 e. The summed E-state index contributed by atoms with van der Waals surface area (Å²) in [5.41, 5.74) is -0.339. The summed E-state index contributed by atoms with van der Waals surface area (Å²) in [5.74, 6) is -0.129. The minimum atomic E-state index is -0.674. The Morgan fingerprint density at radius 1 is 0.962 bits per heavy atom. The molecule has 0 unspecified atom stereocenters. The van der Waals surface area contributed by atoms with Gasteiger partial charge in [0.05, 0.1) is 20.8 Å². The molecule has 3 N–H and O–H groups in total. The van der Waals surface area contributed by atoms with Gasteiger partial charge in [-0.2, -0.15) is 0 Å². The Kier molecular flexibility index (Phi) is 6.66. The standard InChI is InChI=1S/C7H7N3O4.C7H6N2O3/c1-8-6-3-2-5(9(11)12)4-7(6)10(13)14;8-4-5-3-6(9(11)12)1-2-7(5)10/h2-4,8H,1H3;1-4,8,10H. The summed E-state index contributed by atoms with van der Waals surface area (Å²) in [6, 6.07) is 6.95. The van der Waals surface area contributed by atoms with Gasteiger partial charge in [-0.3, -0.25) is 30.3 Å². The molecule has 0 saturated heterocycles. The molecule has 0 radical (unpaired) electrons. The summed E-state index contributed by atoms with van der Waals surface area (Å²) in [6.45, 7) is 0. The zero-order valence-corrected chi connectivity index (χ0v) is 13.3. The van der Waals surface area contributed by atoms with Crippen LogP contribution in [0.15, 0.2) is 36.4 Å². The molecular weight excluding hydrogens is 350 g/mol. The van der Waals surface area contributed by atoms with E-state index in [1.807, 2.05) is 0 Å². The Labute approximate surface area is 145 Å². The highest BCUT2D eigenvalue weighted by Gasteiger charge is 2.18. The number of benzene rings is 2. The molecular formula is C14H13N5O7. The number of phenols is 1. The molecule has 0 spiro atoms. The Morgan fingerprint density at radius 3 is 1.96 bits per heavy atom. The van der Waals surface area contributed by atoms with Crippen molar-refractivity contribution in [2.75, 3.05) is 12.4 Å². The number of rotatable bonds is 5. The first-order chi connectivity index (χ1) is 12.2.